The second-order valence-electron chi connectivity index (χ2n) is 7.16. The fraction of sp³-hybridized carbons (Fsp3) is 0.348. The topological polar surface area (TPSA) is 29.5 Å². The molecule has 2 aliphatic rings. The van der Waals surface area contributed by atoms with Gasteiger partial charge in [-0.1, -0.05) is 54.5 Å². The quantitative estimate of drug-likeness (QED) is 0.580. The van der Waals surface area contributed by atoms with E-state index in [0.717, 1.165) is 12.0 Å². The van der Waals surface area contributed by atoms with Crippen LogP contribution in [0.2, 0.25) is 0 Å². The Balaban J connectivity index is 1.58. The third kappa shape index (κ3) is 3.73. The van der Waals surface area contributed by atoms with Crippen molar-refractivity contribution < 1.29 is 9.53 Å². The summed E-state index contributed by atoms with van der Waals surface area (Å²) in [6, 6.07) is 17.6. The lowest BCUT2D eigenvalue weighted by Gasteiger charge is -2.42. The lowest BCUT2D eigenvalue weighted by atomic mass is 9.86. The predicted octanol–water partition coefficient (Wildman–Crippen LogP) is 4.94. The van der Waals surface area contributed by atoms with Crippen LogP contribution in [0, 0.1) is 0 Å². The minimum atomic E-state index is -0.306. The number of benzene rings is 2. The number of carbonyl (C=O) groups excluding carboxylic acids is 1. The van der Waals surface area contributed by atoms with E-state index in [1.165, 1.54) is 44.3 Å². The second-order valence-corrected chi connectivity index (χ2v) is 7.16. The van der Waals surface area contributed by atoms with Gasteiger partial charge in [0.15, 0.2) is 0 Å². The SMILES string of the molecule is O=C(Oc1ccccc1C=C1CCCCC1N1CCC1)c1ccccc1. The molecule has 2 fully saturated rings. The van der Waals surface area contributed by atoms with Gasteiger partial charge >= 0.3 is 5.97 Å². The molecule has 1 heterocycles. The molecule has 1 saturated carbocycles. The highest BCUT2D eigenvalue weighted by molar-refractivity contribution is 5.91. The van der Waals surface area contributed by atoms with Gasteiger partial charge in [-0.25, -0.2) is 4.79 Å². The molecule has 0 aromatic heterocycles. The first kappa shape index (κ1) is 17.0. The van der Waals surface area contributed by atoms with E-state index in [4.69, 9.17) is 4.74 Å². The molecule has 26 heavy (non-hydrogen) atoms. The van der Waals surface area contributed by atoms with E-state index < -0.39 is 0 Å². The van der Waals surface area contributed by atoms with Crippen LogP contribution in [0.4, 0.5) is 0 Å². The molecular weight excluding hydrogens is 322 g/mol. The standard InChI is InChI=1S/C23H25NO2/c25-23(18-9-2-1-3-10-18)26-22-14-7-5-12-20(22)17-19-11-4-6-13-21(19)24-15-8-16-24/h1-3,5,7,9-10,12,14,17,21H,4,6,8,11,13,15-16H2. The summed E-state index contributed by atoms with van der Waals surface area (Å²) in [7, 11) is 0. The average Bonchev–Trinajstić information content (AvgIpc) is 2.64. The Morgan fingerprint density at radius 1 is 0.962 bits per heavy atom. The molecule has 4 rings (SSSR count). The van der Waals surface area contributed by atoms with Gasteiger partial charge in [0.1, 0.15) is 5.75 Å². The van der Waals surface area contributed by atoms with Crippen molar-refractivity contribution in [2.24, 2.45) is 0 Å². The Kier molecular flexibility index (Phi) is 5.16. The zero-order valence-electron chi connectivity index (χ0n) is 15.1. The maximum Gasteiger partial charge on any atom is 0.343 e. The molecule has 1 unspecified atom stereocenters. The van der Waals surface area contributed by atoms with Crippen molar-refractivity contribution in [3.8, 4) is 5.75 Å². The molecule has 1 aliphatic heterocycles. The predicted molar refractivity (Wildman–Crippen MR) is 104 cm³/mol. The van der Waals surface area contributed by atoms with E-state index >= 15 is 0 Å². The van der Waals surface area contributed by atoms with E-state index in [0.29, 0.717) is 17.4 Å². The number of likely N-dealkylation sites (tertiary alicyclic amines) is 1. The van der Waals surface area contributed by atoms with Crippen molar-refractivity contribution in [3.05, 3.63) is 71.3 Å². The Bertz CT molecular complexity index is 793. The van der Waals surface area contributed by atoms with Crippen molar-refractivity contribution in [2.75, 3.05) is 13.1 Å². The van der Waals surface area contributed by atoms with Gasteiger partial charge in [-0.15, -0.1) is 0 Å². The summed E-state index contributed by atoms with van der Waals surface area (Å²) >= 11 is 0. The lowest BCUT2D eigenvalue weighted by Crippen LogP contribution is -2.46. The number of ether oxygens (including phenoxy) is 1. The molecule has 0 N–H and O–H groups in total. The molecule has 0 radical (unpaired) electrons. The maximum absolute atomic E-state index is 12.4. The van der Waals surface area contributed by atoms with Crippen LogP contribution in [0.15, 0.2) is 60.2 Å². The van der Waals surface area contributed by atoms with E-state index in [2.05, 4.69) is 11.0 Å². The van der Waals surface area contributed by atoms with E-state index in [9.17, 15) is 4.79 Å². The highest BCUT2D eigenvalue weighted by atomic mass is 16.5. The molecule has 1 saturated heterocycles. The smallest absolute Gasteiger partial charge is 0.343 e. The molecule has 2 aromatic rings. The minimum absolute atomic E-state index is 0.306. The highest BCUT2D eigenvalue weighted by Gasteiger charge is 2.28. The van der Waals surface area contributed by atoms with Gasteiger partial charge < -0.3 is 4.74 Å². The largest absolute Gasteiger partial charge is 0.422 e. The number of carbonyl (C=O) groups is 1. The first-order valence-electron chi connectivity index (χ1n) is 9.62. The Morgan fingerprint density at radius 2 is 1.73 bits per heavy atom. The first-order chi connectivity index (χ1) is 12.8. The van der Waals surface area contributed by atoms with Gasteiger partial charge in [-0.05, 0) is 57.0 Å². The van der Waals surface area contributed by atoms with Crippen molar-refractivity contribution in [1.82, 2.24) is 4.90 Å². The first-order valence-corrected chi connectivity index (χ1v) is 9.62. The fourth-order valence-electron chi connectivity index (χ4n) is 3.88. The van der Waals surface area contributed by atoms with Crippen molar-refractivity contribution in [1.29, 1.82) is 0 Å². The molecule has 3 nitrogen and oxygen atoms in total. The summed E-state index contributed by atoms with van der Waals surface area (Å²) in [6.45, 7) is 2.43. The molecular formula is C23H25NO2. The summed E-state index contributed by atoms with van der Waals surface area (Å²) in [5, 5.41) is 0. The zero-order valence-corrected chi connectivity index (χ0v) is 15.1. The third-order valence-electron chi connectivity index (χ3n) is 5.42. The van der Waals surface area contributed by atoms with Gasteiger partial charge in [-0.2, -0.15) is 0 Å². The molecule has 1 aliphatic carbocycles. The van der Waals surface area contributed by atoms with Crippen LogP contribution >= 0.6 is 0 Å². The molecule has 0 amide bonds. The lowest BCUT2D eigenvalue weighted by molar-refractivity contribution is 0.0734. The van der Waals surface area contributed by atoms with Crippen LogP contribution in [-0.4, -0.2) is 30.0 Å². The van der Waals surface area contributed by atoms with Crippen LogP contribution in [0.1, 0.15) is 48.0 Å². The summed E-state index contributed by atoms with van der Waals surface area (Å²) in [6.07, 6.45) is 8.52. The van der Waals surface area contributed by atoms with Crippen LogP contribution in [0.3, 0.4) is 0 Å². The molecule has 3 heteroatoms. The Morgan fingerprint density at radius 3 is 2.50 bits per heavy atom. The van der Waals surface area contributed by atoms with Gasteiger partial charge in [0, 0.05) is 11.6 Å². The molecule has 2 aromatic carbocycles. The summed E-state index contributed by atoms with van der Waals surface area (Å²) in [4.78, 5) is 15.0. The summed E-state index contributed by atoms with van der Waals surface area (Å²) in [5.41, 5.74) is 3.06. The maximum atomic E-state index is 12.4. The van der Waals surface area contributed by atoms with Gasteiger partial charge in [0.2, 0.25) is 0 Å². The molecule has 0 spiro atoms. The van der Waals surface area contributed by atoms with Crippen molar-refractivity contribution in [3.63, 3.8) is 0 Å². The molecule has 1 atom stereocenters. The van der Waals surface area contributed by atoms with Crippen LogP contribution in [0.25, 0.3) is 6.08 Å². The average molecular weight is 347 g/mol. The molecule has 0 bridgehead atoms. The van der Waals surface area contributed by atoms with E-state index in [-0.39, 0.29) is 5.97 Å². The number of para-hydroxylation sites is 1. The number of hydrogen-bond donors (Lipinski definition) is 0. The third-order valence-corrected chi connectivity index (χ3v) is 5.42. The van der Waals surface area contributed by atoms with Crippen LogP contribution < -0.4 is 4.74 Å². The zero-order chi connectivity index (χ0) is 17.8. The summed E-state index contributed by atoms with van der Waals surface area (Å²) in [5.74, 6) is 0.334. The fourth-order valence-corrected chi connectivity index (χ4v) is 3.88. The van der Waals surface area contributed by atoms with Crippen LogP contribution in [0.5, 0.6) is 5.75 Å². The van der Waals surface area contributed by atoms with E-state index in [1.54, 1.807) is 12.1 Å². The molecule has 134 valence electrons. The Hall–Kier alpha value is -2.39. The highest BCUT2D eigenvalue weighted by Crippen LogP contribution is 2.33. The number of esters is 1. The number of rotatable bonds is 4. The van der Waals surface area contributed by atoms with Gasteiger partial charge in [0.05, 0.1) is 5.56 Å². The summed E-state index contributed by atoms with van der Waals surface area (Å²) < 4.78 is 5.71. The van der Waals surface area contributed by atoms with E-state index in [1.807, 2.05) is 42.5 Å². The minimum Gasteiger partial charge on any atom is -0.422 e. The second kappa shape index (κ2) is 7.88. The van der Waals surface area contributed by atoms with Gasteiger partial charge in [0.25, 0.3) is 0 Å². The number of hydrogen-bond acceptors (Lipinski definition) is 3. The Labute approximate surface area is 155 Å². The normalized spacial score (nSPS) is 22.0. The van der Waals surface area contributed by atoms with Crippen molar-refractivity contribution in [2.45, 2.75) is 38.1 Å². The van der Waals surface area contributed by atoms with Crippen LogP contribution in [-0.2, 0) is 0 Å². The van der Waals surface area contributed by atoms with Gasteiger partial charge in [-0.3, -0.25) is 4.90 Å². The monoisotopic (exact) mass is 347 g/mol. The number of nitrogens with zero attached hydrogens (tertiary/aromatic N) is 1. The van der Waals surface area contributed by atoms with Crippen molar-refractivity contribution >= 4 is 12.0 Å².